The molecule has 2 aromatic carbocycles. The predicted octanol–water partition coefficient (Wildman–Crippen LogP) is 2.96. The molecule has 0 aliphatic rings. The molecule has 0 radical (unpaired) electrons. The number of nitrogen functional groups attached to an aromatic ring is 1. The molecule has 0 amide bonds. The molecule has 0 spiro atoms. The van der Waals surface area contributed by atoms with Crippen molar-refractivity contribution in [3.8, 4) is 0 Å². The standard InChI is InChI=1S/C14H12N2OS/c15-10-6-7-11-12(8-10)18-14(16-11)13(17)9-4-2-1-3-5-9/h1-8,13,17H,15H2. The molecule has 3 rings (SSSR count). The summed E-state index contributed by atoms with van der Waals surface area (Å²) < 4.78 is 1.000. The van der Waals surface area contributed by atoms with Crippen LogP contribution in [-0.2, 0) is 0 Å². The van der Waals surface area contributed by atoms with Crippen LogP contribution in [0.15, 0.2) is 48.5 Å². The van der Waals surface area contributed by atoms with Gasteiger partial charge >= 0.3 is 0 Å². The summed E-state index contributed by atoms with van der Waals surface area (Å²) >= 11 is 1.47. The summed E-state index contributed by atoms with van der Waals surface area (Å²) in [6.07, 6.45) is -0.676. The lowest BCUT2D eigenvalue weighted by atomic mass is 10.1. The Hall–Kier alpha value is -1.91. The smallest absolute Gasteiger partial charge is 0.131 e. The Morgan fingerprint density at radius 2 is 1.89 bits per heavy atom. The van der Waals surface area contributed by atoms with Crippen molar-refractivity contribution in [3.05, 3.63) is 59.1 Å². The third kappa shape index (κ3) is 1.96. The van der Waals surface area contributed by atoms with Crippen LogP contribution < -0.4 is 5.73 Å². The molecule has 3 N–H and O–H groups in total. The zero-order valence-electron chi connectivity index (χ0n) is 9.58. The lowest BCUT2D eigenvalue weighted by Gasteiger charge is -2.06. The van der Waals surface area contributed by atoms with E-state index in [0.717, 1.165) is 15.8 Å². The molecule has 1 unspecified atom stereocenters. The molecule has 1 heterocycles. The van der Waals surface area contributed by atoms with Gasteiger partial charge in [-0.25, -0.2) is 4.98 Å². The number of benzene rings is 2. The van der Waals surface area contributed by atoms with E-state index in [0.29, 0.717) is 10.7 Å². The van der Waals surface area contributed by atoms with Gasteiger partial charge in [0.05, 0.1) is 10.2 Å². The minimum atomic E-state index is -0.676. The van der Waals surface area contributed by atoms with Crippen LogP contribution in [0.1, 0.15) is 16.7 Å². The molecular weight excluding hydrogens is 244 g/mol. The van der Waals surface area contributed by atoms with E-state index in [2.05, 4.69) is 4.98 Å². The van der Waals surface area contributed by atoms with Gasteiger partial charge in [-0.1, -0.05) is 30.3 Å². The average Bonchev–Trinajstić information content (AvgIpc) is 2.81. The molecule has 90 valence electrons. The first-order valence-corrected chi connectivity index (χ1v) is 6.44. The summed E-state index contributed by atoms with van der Waals surface area (Å²) in [6, 6.07) is 15.1. The molecule has 18 heavy (non-hydrogen) atoms. The molecule has 4 heteroatoms. The Labute approximate surface area is 109 Å². The number of rotatable bonds is 2. The van der Waals surface area contributed by atoms with Crippen LogP contribution in [0, 0.1) is 0 Å². The van der Waals surface area contributed by atoms with Gasteiger partial charge in [0, 0.05) is 5.69 Å². The van der Waals surface area contributed by atoms with Crippen molar-refractivity contribution in [1.29, 1.82) is 0 Å². The van der Waals surface area contributed by atoms with Gasteiger partial charge < -0.3 is 10.8 Å². The highest BCUT2D eigenvalue weighted by Gasteiger charge is 2.15. The van der Waals surface area contributed by atoms with E-state index >= 15 is 0 Å². The number of nitrogens with zero attached hydrogens (tertiary/aromatic N) is 1. The van der Waals surface area contributed by atoms with Gasteiger partial charge in [0.1, 0.15) is 11.1 Å². The first-order valence-electron chi connectivity index (χ1n) is 5.63. The number of hydrogen-bond donors (Lipinski definition) is 2. The van der Waals surface area contributed by atoms with E-state index in [4.69, 9.17) is 5.73 Å². The molecule has 0 aliphatic carbocycles. The molecule has 1 aromatic heterocycles. The van der Waals surface area contributed by atoms with Crippen molar-refractivity contribution < 1.29 is 5.11 Å². The quantitative estimate of drug-likeness (QED) is 0.693. The lowest BCUT2D eigenvalue weighted by molar-refractivity contribution is 0.220. The second kappa shape index (κ2) is 4.40. The SMILES string of the molecule is Nc1ccc2nc(C(O)c3ccccc3)sc2c1. The summed E-state index contributed by atoms with van der Waals surface area (Å²) in [5.74, 6) is 0. The fourth-order valence-electron chi connectivity index (χ4n) is 1.85. The first kappa shape index (κ1) is 11.2. The second-order valence-electron chi connectivity index (χ2n) is 4.09. The van der Waals surface area contributed by atoms with Crippen LogP contribution in [0.4, 0.5) is 5.69 Å². The number of hydrogen-bond acceptors (Lipinski definition) is 4. The molecule has 3 aromatic rings. The maximum Gasteiger partial charge on any atom is 0.131 e. The highest BCUT2D eigenvalue weighted by molar-refractivity contribution is 7.18. The fraction of sp³-hybridized carbons (Fsp3) is 0.0714. The van der Waals surface area contributed by atoms with Crippen molar-refractivity contribution in [3.63, 3.8) is 0 Å². The molecule has 0 saturated carbocycles. The Morgan fingerprint density at radius 3 is 2.67 bits per heavy atom. The fourth-order valence-corrected chi connectivity index (χ4v) is 2.88. The van der Waals surface area contributed by atoms with Gasteiger partial charge in [-0.2, -0.15) is 0 Å². The monoisotopic (exact) mass is 256 g/mol. The highest BCUT2D eigenvalue weighted by atomic mass is 32.1. The van der Waals surface area contributed by atoms with Crippen LogP contribution >= 0.6 is 11.3 Å². The Kier molecular flexibility index (Phi) is 2.74. The van der Waals surface area contributed by atoms with Crippen molar-refractivity contribution in [1.82, 2.24) is 4.98 Å². The van der Waals surface area contributed by atoms with E-state index < -0.39 is 6.10 Å². The van der Waals surface area contributed by atoms with Crippen LogP contribution in [-0.4, -0.2) is 10.1 Å². The van der Waals surface area contributed by atoms with Crippen LogP contribution in [0.25, 0.3) is 10.2 Å². The molecular formula is C14H12N2OS. The lowest BCUT2D eigenvalue weighted by Crippen LogP contribution is -1.97. The van der Waals surface area contributed by atoms with E-state index in [9.17, 15) is 5.11 Å². The number of aliphatic hydroxyl groups is 1. The molecule has 1 atom stereocenters. The Morgan fingerprint density at radius 1 is 1.11 bits per heavy atom. The summed E-state index contributed by atoms with van der Waals surface area (Å²) in [5, 5.41) is 11.0. The van der Waals surface area contributed by atoms with Gasteiger partial charge in [-0.15, -0.1) is 11.3 Å². The number of nitrogens with two attached hydrogens (primary N) is 1. The van der Waals surface area contributed by atoms with Gasteiger partial charge in [0.2, 0.25) is 0 Å². The number of anilines is 1. The van der Waals surface area contributed by atoms with Gasteiger partial charge in [-0.3, -0.25) is 0 Å². The van der Waals surface area contributed by atoms with Crippen molar-refractivity contribution in [2.75, 3.05) is 5.73 Å². The van der Waals surface area contributed by atoms with Crippen LogP contribution in [0.2, 0.25) is 0 Å². The molecule has 0 fully saturated rings. The van der Waals surface area contributed by atoms with E-state index in [1.807, 2.05) is 48.5 Å². The van der Waals surface area contributed by atoms with E-state index in [-0.39, 0.29) is 0 Å². The zero-order valence-corrected chi connectivity index (χ0v) is 10.4. The third-order valence-electron chi connectivity index (χ3n) is 2.78. The molecule has 0 aliphatic heterocycles. The minimum absolute atomic E-state index is 0.676. The molecule has 0 bridgehead atoms. The maximum atomic E-state index is 10.3. The van der Waals surface area contributed by atoms with Crippen molar-refractivity contribution in [2.24, 2.45) is 0 Å². The number of fused-ring (bicyclic) bond motifs is 1. The average molecular weight is 256 g/mol. The zero-order chi connectivity index (χ0) is 12.5. The third-order valence-corrected chi connectivity index (χ3v) is 3.85. The highest BCUT2D eigenvalue weighted by Crippen LogP contribution is 2.30. The largest absolute Gasteiger partial charge is 0.399 e. The molecule has 0 saturated heterocycles. The summed E-state index contributed by atoms with van der Waals surface area (Å²) in [7, 11) is 0. The normalized spacial score (nSPS) is 12.7. The van der Waals surface area contributed by atoms with Crippen LogP contribution in [0.5, 0.6) is 0 Å². The summed E-state index contributed by atoms with van der Waals surface area (Å²) in [4.78, 5) is 4.44. The first-order chi connectivity index (χ1) is 8.74. The molecule has 3 nitrogen and oxygen atoms in total. The van der Waals surface area contributed by atoms with Gasteiger partial charge in [0.15, 0.2) is 0 Å². The number of thiazole rings is 1. The summed E-state index contributed by atoms with van der Waals surface area (Å²) in [6.45, 7) is 0. The minimum Gasteiger partial charge on any atom is -0.399 e. The van der Waals surface area contributed by atoms with Gasteiger partial charge in [-0.05, 0) is 23.8 Å². The summed E-state index contributed by atoms with van der Waals surface area (Å²) in [5.41, 5.74) is 8.18. The van der Waals surface area contributed by atoms with E-state index in [1.54, 1.807) is 0 Å². The number of aromatic nitrogens is 1. The number of aliphatic hydroxyl groups excluding tert-OH is 1. The topological polar surface area (TPSA) is 59.1 Å². The van der Waals surface area contributed by atoms with Crippen molar-refractivity contribution >= 4 is 27.2 Å². The predicted molar refractivity (Wildman–Crippen MR) is 74.5 cm³/mol. The van der Waals surface area contributed by atoms with Crippen LogP contribution in [0.3, 0.4) is 0 Å². The Bertz CT molecular complexity index is 679. The maximum absolute atomic E-state index is 10.3. The van der Waals surface area contributed by atoms with Gasteiger partial charge in [0.25, 0.3) is 0 Å². The second-order valence-corrected chi connectivity index (χ2v) is 5.15. The Balaban J connectivity index is 2.04. The van der Waals surface area contributed by atoms with Crippen molar-refractivity contribution in [2.45, 2.75) is 6.10 Å². The van der Waals surface area contributed by atoms with E-state index in [1.165, 1.54) is 11.3 Å².